The van der Waals surface area contributed by atoms with Crippen molar-refractivity contribution in [2.75, 3.05) is 0 Å². The van der Waals surface area contributed by atoms with Crippen molar-refractivity contribution in [2.24, 2.45) is 0 Å². The number of hydrogen-bond acceptors (Lipinski definition) is 1. The van der Waals surface area contributed by atoms with Crippen molar-refractivity contribution >= 4 is 0 Å². The van der Waals surface area contributed by atoms with Gasteiger partial charge in [-0.3, -0.25) is 0 Å². The molecule has 1 heteroatoms. The second-order valence-electron chi connectivity index (χ2n) is 3.32. The van der Waals surface area contributed by atoms with Crippen LogP contribution in [0.4, 0.5) is 0 Å². The highest BCUT2D eigenvalue weighted by Crippen LogP contribution is 2.27. The molecule has 66 valence electrons. The lowest BCUT2D eigenvalue weighted by atomic mass is 9.97. The van der Waals surface area contributed by atoms with E-state index in [0.717, 1.165) is 17.5 Å². The van der Waals surface area contributed by atoms with Gasteiger partial charge in [-0.05, 0) is 49.4 Å². The Hall–Kier alpha value is -0.980. The van der Waals surface area contributed by atoms with Crippen LogP contribution in [0.2, 0.25) is 0 Å². The summed E-state index contributed by atoms with van der Waals surface area (Å²) >= 11 is 0. The molecule has 0 radical (unpaired) electrons. The molecule has 12 heavy (non-hydrogen) atoms. The molecule has 0 amide bonds. The maximum absolute atomic E-state index is 9.70. The minimum absolute atomic E-state index is 0.473. The van der Waals surface area contributed by atoms with Gasteiger partial charge < -0.3 is 5.11 Å². The van der Waals surface area contributed by atoms with Gasteiger partial charge in [0.2, 0.25) is 0 Å². The molecule has 1 N–H and O–H groups in total. The van der Waals surface area contributed by atoms with Crippen LogP contribution in [0.5, 0.6) is 5.75 Å². The summed E-state index contributed by atoms with van der Waals surface area (Å²) in [7, 11) is 0. The summed E-state index contributed by atoms with van der Waals surface area (Å²) in [6, 6.07) is 2.03. The lowest BCUT2D eigenvalue weighted by Gasteiger charge is -2.11. The van der Waals surface area contributed by atoms with Gasteiger partial charge in [0.05, 0.1) is 0 Å². The van der Waals surface area contributed by atoms with E-state index in [9.17, 15) is 5.11 Å². The Bertz CT molecular complexity index is 274. The minimum Gasteiger partial charge on any atom is -0.507 e. The van der Waals surface area contributed by atoms with Crippen LogP contribution in [-0.2, 0) is 6.42 Å². The Balaban J connectivity index is 3.42. The number of hydrogen-bond donors (Lipinski definition) is 1. The molecule has 0 saturated heterocycles. The number of benzene rings is 1. The molecule has 1 nitrogen and oxygen atoms in total. The van der Waals surface area contributed by atoms with Crippen LogP contribution in [0.3, 0.4) is 0 Å². The molecule has 1 aromatic rings. The zero-order valence-corrected chi connectivity index (χ0v) is 8.23. The second kappa shape index (κ2) is 3.18. The summed E-state index contributed by atoms with van der Waals surface area (Å²) < 4.78 is 0. The molecule has 0 aromatic heterocycles. The van der Waals surface area contributed by atoms with Crippen LogP contribution in [0.15, 0.2) is 6.07 Å². The van der Waals surface area contributed by atoms with Gasteiger partial charge in [0.1, 0.15) is 5.75 Å². The van der Waals surface area contributed by atoms with Crippen LogP contribution in [0.25, 0.3) is 0 Å². The number of aromatic hydroxyl groups is 1. The number of rotatable bonds is 1. The van der Waals surface area contributed by atoms with E-state index in [4.69, 9.17) is 0 Å². The van der Waals surface area contributed by atoms with Gasteiger partial charge in [0.25, 0.3) is 0 Å². The molecular formula is C11H16O. The third-order valence-electron chi connectivity index (χ3n) is 2.49. The first-order chi connectivity index (χ1) is 5.57. The molecule has 1 rings (SSSR count). The van der Waals surface area contributed by atoms with E-state index >= 15 is 0 Å². The van der Waals surface area contributed by atoms with Crippen molar-refractivity contribution in [3.8, 4) is 5.75 Å². The molecule has 0 heterocycles. The highest BCUT2D eigenvalue weighted by molar-refractivity contribution is 5.48. The van der Waals surface area contributed by atoms with E-state index in [1.54, 1.807) is 0 Å². The van der Waals surface area contributed by atoms with E-state index in [1.165, 1.54) is 11.1 Å². The van der Waals surface area contributed by atoms with Crippen molar-refractivity contribution in [1.82, 2.24) is 0 Å². The van der Waals surface area contributed by atoms with Crippen LogP contribution in [-0.4, -0.2) is 5.11 Å². The fourth-order valence-electron chi connectivity index (χ4n) is 1.59. The summed E-state index contributed by atoms with van der Waals surface area (Å²) in [6.45, 7) is 8.16. The summed E-state index contributed by atoms with van der Waals surface area (Å²) in [6.07, 6.45) is 0.903. The Labute approximate surface area is 74.1 Å². The number of phenols is 1. The predicted molar refractivity (Wildman–Crippen MR) is 51.7 cm³/mol. The van der Waals surface area contributed by atoms with Crippen molar-refractivity contribution in [2.45, 2.75) is 34.1 Å². The van der Waals surface area contributed by atoms with Gasteiger partial charge in [-0.15, -0.1) is 0 Å². The fraction of sp³-hybridized carbons (Fsp3) is 0.455. The second-order valence-corrected chi connectivity index (χ2v) is 3.32. The smallest absolute Gasteiger partial charge is 0.121 e. The van der Waals surface area contributed by atoms with Gasteiger partial charge in [-0.1, -0.05) is 13.0 Å². The standard InChI is InChI=1S/C11H16O/c1-5-10-9(4)7(2)6-8(3)11(10)12/h6,12H,5H2,1-4H3. The monoisotopic (exact) mass is 164 g/mol. The number of aryl methyl sites for hydroxylation is 2. The SMILES string of the molecule is CCc1c(C)c(C)cc(C)c1O. The van der Waals surface area contributed by atoms with Crippen molar-refractivity contribution in [3.05, 3.63) is 28.3 Å². The third kappa shape index (κ3) is 1.31. The zero-order chi connectivity index (χ0) is 9.30. The molecule has 0 fully saturated rings. The lowest BCUT2D eigenvalue weighted by Crippen LogP contribution is -1.93. The minimum atomic E-state index is 0.473. The normalized spacial score (nSPS) is 10.3. The maximum atomic E-state index is 9.70. The van der Waals surface area contributed by atoms with Gasteiger partial charge in [-0.25, -0.2) is 0 Å². The molecule has 0 unspecified atom stereocenters. The lowest BCUT2D eigenvalue weighted by molar-refractivity contribution is 0.463. The van der Waals surface area contributed by atoms with E-state index < -0.39 is 0 Å². The Morgan fingerprint density at radius 3 is 2.25 bits per heavy atom. The number of phenolic OH excluding ortho intramolecular Hbond substituents is 1. The van der Waals surface area contributed by atoms with Crippen LogP contribution in [0, 0.1) is 20.8 Å². The molecule has 0 atom stereocenters. The van der Waals surface area contributed by atoms with E-state index in [0.29, 0.717) is 5.75 Å². The molecule has 0 aliphatic heterocycles. The van der Waals surface area contributed by atoms with Crippen molar-refractivity contribution in [3.63, 3.8) is 0 Å². The highest BCUT2D eigenvalue weighted by Gasteiger charge is 2.07. The Morgan fingerprint density at radius 2 is 1.75 bits per heavy atom. The van der Waals surface area contributed by atoms with Crippen LogP contribution >= 0.6 is 0 Å². The summed E-state index contributed by atoms with van der Waals surface area (Å²) in [4.78, 5) is 0. The largest absolute Gasteiger partial charge is 0.507 e. The third-order valence-corrected chi connectivity index (χ3v) is 2.49. The van der Waals surface area contributed by atoms with Crippen LogP contribution in [0.1, 0.15) is 29.2 Å². The predicted octanol–water partition coefficient (Wildman–Crippen LogP) is 2.88. The first kappa shape index (κ1) is 9.11. The first-order valence-corrected chi connectivity index (χ1v) is 4.36. The van der Waals surface area contributed by atoms with E-state index in [1.807, 2.05) is 13.0 Å². The van der Waals surface area contributed by atoms with Gasteiger partial charge in [0.15, 0.2) is 0 Å². The highest BCUT2D eigenvalue weighted by atomic mass is 16.3. The maximum Gasteiger partial charge on any atom is 0.121 e. The molecule has 0 saturated carbocycles. The molecule has 0 aliphatic carbocycles. The topological polar surface area (TPSA) is 20.2 Å². The van der Waals surface area contributed by atoms with Crippen molar-refractivity contribution < 1.29 is 5.11 Å². The molecule has 1 aromatic carbocycles. The molecule has 0 aliphatic rings. The van der Waals surface area contributed by atoms with Gasteiger partial charge in [-0.2, -0.15) is 0 Å². The molecular weight excluding hydrogens is 148 g/mol. The van der Waals surface area contributed by atoms with Gasteiger partial charge >= 0.3 is 0 Å². The Kier molecular flexibility index (Phi) is 2.41. The Morgan fingerprint density at radius 1 is 1.17 bits per heavy atom. The average Bonchev–Trinajstić information content (AvgIpc) is 2.02. The van der Waals surface area contributed by atoms with E-state index in [-0.39, 0.29) is 0 Å². The average molecular weight is 164 g/mol. The van der Waals surface area contributed by atoms with E-state index in [2.05, 4.69) is 20.8 Å². The molecule has 0 spiro atoms. The first-order valence-electron chi connectivity index (χ1n) is 4.36. The summed E-state index contributed by atoms with van der Waals surface area (Å²) in [5.41, 5.74) is 4.56. The quantitative estimate of drug-likeness (QED) is 0.676. The van der Waals surface area contributed by atoms with Gasteiger partial charge in [0, 0.05) is 0 Å². The fourth-order valence-corrected chi connectivity index (χ4v) is 1.59. The van der Waals surface area contributed by atoms with Crippen LogP contribution < -0.4 is 0 Å². The molecule has 0 bridgehead atoms. The summed E-state index contributed by atoms with van der Waals surface area (Å²) in [5, 5.41) is 9.70. The zero-order valence-electron chi connectivity index (χ0n) is 8.23. The van der Waals surface area contributed by atoms with Crippen molar-refractivity contribution in [1.29, 1.82) is 0 Å². The summed E-state index contributed by atoms with van der Waals surface area (Å²) in [5.74, 6) is 0.473.